The largest absolute Gasteiger partial charge is 0.493 e. The van der Waals surface area contributed by atoms with Gasteiger partial charge in [0, 0.05) is 42.5 Å². The van der Waals surface area contributed by atoms with Crippen LogP contribution >= 0.6 is 0 Å². The van der Waals surface area contributed by atoms with Gasteiger partial charge >= 0.3 is 0 Å². The van der Waals surface area contributed by atoms with Crippen LogP contribution in [0.5, 0.6) is 11.5 Å². The number of methoxy groups -OCH3 is 2. The summed E-state index contributed by atoms with van der Waals surface area (Å²) < 4.78 is 10.4. The lowest BCUT2D eigenvalue weighted by molar-refractivity contribution is -0.115. The molecule has 142 valence electrons. The molecule has 8 heteroatoms. The first kappa shape index (κ1) is 19.8. The Morgan fingerprint density at radius 1 is 0.704 bits per heavy atom. The van der Waals surface area contributed by atoms with E-state index in [0.717, 1.165) is 0 Å². The van der Waals surface area contributed by atoms with Crippen LogP contribution in [0.3, 0.4) is 0 Å². The Bertz CT molecular complexity index is 845. The summed E-state index contributed by atoms with van der Waals surface area (Å²) in [5.74, 6) is 0.0146. The van der Waals surface area contributed by atoms with E-state index in [9.17, 15) is 14.4 Å². The van der Waals surface area contributed by atoms with E-state index < -0.39 is 5.91 Å². The third-order valence-electron chi connectivity index (χ3n) is 3.48. The van der Waals surface area contributed by atoms with Crippen LogP contribution in [0.2, 0.25) is 0 Å². The van der Waals surface area contributed by atoms with Gasteiger partial charge in [-0.2, -0.15) is 0 Å². The van der Waals surface area contributed by atoms with Gasteiger partial charge in [-0.05, 0) is 30.3 Å². The third-order valence-corrected chi connectivity index (χ3v) is 3.48. The molecule has 3 amide bonds. The van der Waals surface area contributed by atoms with Crippen molar-refractivity contribution in [3.05, 3.63) is 42.0 Å². The molecule has 3 N–H and O–H groups in total. The summed E-state index contributed by atoms with van der Waals surface area (Å²) in [7, 11) is 3.02. The van der Waals surface area contributed by atoms with Crippen molar-refractivity contribution >= 4 is 34.8 Å². The van der Waals surface area contributed by atoms with Crippen LogP contribution < -0.4 is 25.4 Å². The van der Waals surface area contributed by atoms with Gasteiger partial charge in [-0.15, -0.1) is 0 Å². The maximum absolute atomic E-state index is 12.6. The fourth-order valence-corrected chi connectivity index (χ4v) is 2.43. The van der Waals surface area contributed by atoms with Gasteiger partial charge in [0.15, 0.2) is 11.5 Å². The van der Waals surface area contributed by atoms with Gasteiger partial charge in [-0.1, -0.05) is 0 Å². The molecule has 0 unspecified atom stereocenters. The number of rotatable bonds is 6. The summed E-state index contributed by atoms with van der Waals surface area (Å²) in [5, 5.41) is 7.95. The van der Waals surface area contributed by atoms with Crippen molar-refractivity contribution in [3.63, 3.8) is 0 Å². The summed E-state index contributed by atoms with van der Waals surface area (Å²) >= 11 is 0. The first-order valence-corrected chi connectivity index (χ1v) is 8.06. The van der Waals surface area contributed by atoms with Crippen LogP contribution in [0, 0.1) is 0 Å². The highest BCUT2D eigenvalue weighted by molar-refractivity contribution is 6.06. The molecule has 0 saturated carbocycles. The van der Waals surface area contributed by atoms with Crippen molar-refractivity contribution in [2.24, 2.45) is 0 Å². The second kappa shape index (κ2) is 8.70. The van der Waals surface area contributed by atoms with Crippen LogP contribution in [-0.2, 0) is 9.59 Å². The number of hydrogen-bond donors (Lipinski definition) is 3. The first-order valence-electron chi connectivity index (χ1n) is 8.06. The monoisotopic (exact) mass is 371 g/mol. The van der Waals surface area contributed by atoms with Crippen LogP contribution in [0.25, 0.3) is 0 Å². The maximum atomic E-state index is 12.6. The molecule has 0 atom stereocenters. The molecule has 27 heavy (non-hydrogen) atoms. The molecule has 0 aliphatic rings. The zero-order chi connectivity index (χ0) is 20.0. The lowest BCUT2D eigenvalue weighted by Crippen LogP contribution is -2.15. The predicted molar refractivity (Wildman–Crippen MR) is 103 cm³/mol. The van der Waals surface area contributed by atoms with E-state index in [1.165, 1.54) is 40.2 Å². The second-order valence-electron chi connectivity index (χ2n) is 5.69. The molecule has 0 radical (unpaired) electrons. The Morgan fingerprint density at radius 3 is 1.74 bits per heavy atom. The second-order valence-corrected chi connectivity index (χ2v) is 5.69. The summed E-state index contributed by atoms with van der Waals surface area (Å²) in [6.07, 6.45) is 0. The Balaban J connectivity index is 2.31. The molecule has 0 heterocycles. The van der Waals surface area contributed by atoms with Gasteiger partial charge in [0.2, 0.25) is 11.8 Å². The highest BCUT2D eigenvalue weighted by Gasteiger charge is 2.12. The van der Waals surface area contributed by atoms with Gasteiger partial charge < -0.3 is 25.4 Å². The van der Waals surface area contributed by atoms with Crippen molar-refractivity contribution in [1.82, 2.24) is 0 Å². The van der Waals surface area contributed by atoms with E-state index in [0.29, 0.717) is 28.6 Å². The molecule has 0 spiro atoms. The SMILES string of the molecule is COc1ccc(NC(=O)c2cc(NC(C)=O)cc(NC(C)=O)c2)cc1OC. The molecular formula is C19H21N3O5. The molecule has 0 aliphatic heterocycles. The van der Waals surface area contributed by atoms with Crippen LogP contribution in [0.15, 0.2) is 36.4 Å². The number of hydrogen-bond acceptors (Lipinski definition) is 5. The molecule has 0 bridgehead atoms. The van der Waals surface area contributed by atoms with E-state index in [4.69, 9.17) is 9.47 Å². The van der Waals surface area contributed by atoms with Crippen LogP contribution in [0.4, 0.5) is 17.1 Å². The quantitative estimate of drug-likeness (QED) is 0.724. The van der Waals surface area contributed by atoms with E-state index >= 15 is 0 Å². The van der Waals surface area contributed by atoms with Crippen molar-refractivity contribution in [1.29, 1.82) is 0 Å². The Hall–Kier alpha value is -3.55. The lowest BCUT2D eigenvalue weighted by Gasteiger charge is -2.13. The fraction of sp³-hybridized carbons (Fsp3) is 0.211. The molecule has 2 aromatic carbocycles. The molecule has 8 nitrogen and oxygen atoms in total. The Kier molecular flexibility index (Phi) is 6.37. The van der Waals surface area contributed by atoms with Crippen molar-refractivity contribution in [3.8, 4) is 11.5 Å². The highest BCUT2D eigenvalue weighted by atomic mass is 16.5. The molecule has 2 aromatic rings. The van der Waals surface area contributed by atoms with Crippen LogP contribution in [0.1, 0.15) is 24.2 Å². The topological polar surface area (TPSA) is 106 Å². The van der Waals surface area contributed by atoms with E-state index in [1.807, 2.05) is 0 Å². The number of anilines is 3. The van der Waals surface area contributed by atoms with Gasteiger partial charge in [0.25, 0.3) is 5.91 Å². The number of benzene rings is 2. The Labute approximate surface area is 156 Å². The summed E-state index contributed by atoms with van der Waals surface area (Å²) in [6.45, 7) is 2.71. The zero-order valence-electron chi connectivity index (χ0n) is 15.5. The summed E-state index contributed by atoms with van der Waals surface area (Å²) in [4.78, 5) is 35.3. The van der Waals surface area contributed by atoms with Crippen LogP contribution in [-0.4, -0.2) is 31.9 Å². The zero-order valence-corrected chi connectivity index (χ0v) is 15.5. The van der Waals surface area contributed by atoms with Crippen molar-refractivity contribution in [2.45, 2.75) is 13.8 Å². The number of nitrogens with one attached hydrogen (secondary N) is 3. The predicted octanol–water partition coefficient (Wildman–Crippen LogP) is 2.87. The minimum atomic E-state index is -0.416. The number of carbonyl (C=O) groups excluding carboxylic acids is 3. The number of ether oxygens (including phenoxy) is 2. The molecule has 0 saturated heterocycles. The average Bonchev–Trinajstić information content (AvgIpc) is 2.60. The molecule has 0 fully saturated rings. The number of carbonyl (C=O) groups is 3. The smallest absolute Gasteiger partial charge is 0.255 e. The van der Waals surface area contributed by atoms with Gasteiger partial charge in [0.1, 0.15) is 0 Å². The van der Waals surface area contributed by atoms with Crippen molar-refractivity contribution in [2.75, 3.05) is 30.2 Å². The first-order chi connectivity index (χ1) is 12.8. The lowest BCUT2D eigenvalue weighted by atomic mass is 10.1. The van der Waals surface area contributed by atoms with Crippen molar-refractivity contribution < 1.29 is 23.9 Å². The summed E-state index contributed by atoms with van der Waals surface area (Å²) in [6, 6.07) is 9.57. The fourth-order valence-electron chi connectivity index (χ4n) is 2.43. The molecule has 2 rings (SSSR count). The van der Waals surface area contributed by atoms with Gasteiger partial charge in [-0.25, -0.2) is 0 Å². The van der Waals surface area contributed by atoms with E-state index in [-0.39, 0.29) is 17.4 Å². The average molecular weight is 371 g/mol. The Morgan fingerprint density at radius 2 is 1.26 bits per heavy atom. The standard InChI is InChI=1S/C19H21N3O5/c1-11(23)20-15-7-13(8-16(9-15)21-12(2)24)19(25)22-14-5-6-17(26-3)18(10-14)27-4/h5-10H,1-4H3,(H,20,23)(H,21,24)(H,22,25). The highest BCUT2D eigenvalue weighted by Crippen LogP contribution is 2.30. The minimum absolute atomic E-state index is 0.264. The summed E-state index contributed by atoms with van der Waals surface area (Å²) in [5.41, 5.74) is 1.56. The molecule has 0 aliphatic carbocycles. The maximum Gasteiger partial charge on any atom is 0.255 e. The normalized spacial score (nSPS) is 9.93. The van der Waals surface area contributed by atoms with E-state index in [1.54, 1.807) is 24.3 Å². The molecule has 0 aromatic heterocycles. The van der Waals surface area contributed by atoms with E-state index in [2.05, 4.69) is 16.0 Å². The number of amides is 3. The third kappa shape index (κ3) is 5.46. The minimum Gasteiger partial charge on any atom is -0.493 e. The van der Waals surface area contributed by atoms with Gasteiger partial charge in [0.05, 0.1) is 14.2 Å². The van der Waals surface area contributed by atoms with Gasteiger partial charge in [-0.3, -0.25) is 14.4 Å². The molecular weight excluding hydrogens is 350 g/mol.